The minimum Gasteiger partial charge on any atom is -0.309 e. The summed E-state index contributed by atoms with van der Waals surface area (Å²) in [6.45, 7) is 0. The summed E-state index contributed by atoms with van der Waals surface area (Å²) in [6, 6.07) is 65.9. The second-order valence-corrected chi connectivity index (χ2v) is 13.9. The van der Waals surface area contributed by atoms with Gasteiger partial charge in [0.25, 0.3) is 0 Å². The third kappa shape index (κ3) is 4.39. The maximum atomic E-state index is 11.0. The lowest BCUT2D eigenvalue weighted by atomic mass is 9.96. The van der Waals surface area contributed by atoms with Crippen molar-refractivity contribution < 1.29 is 0 Å². The fourth-order valence-electron chi connectivity index (χ4n) is 8.82. The van der Waals surface area contributed by atoms with Crippen LogP contribution < -0.4 is 0 Å². The van der Waals surface area contributed by atoms with Crippen LogP contribution in [-0.4, -0.2) is 13.7 Å². The van der Waals surface area contributed by atoms with Gasteiger partial charge >= 0.3 is 0 Å². The van der Waals surface area contributed by atoms with E-state index in [1.54, 1.807) is 0 Å². The Hall–Kier alpha value is -7.86. The molecular formula is C50H29N5. The van der Waals surface area contributed by atoms with Gasteiger partial charge in [0.05, 0.1) is 61.7 Å². The molecule has 55 heavy (non-hydrogen) atoms. The van der Waals surface area contributed by atoms with E-state index in [9.17, 15) is 10.5 Å². The molecule has 0 unspecified atom stereocenters. The predicted molar refractivity (Wildman–Crippen MR) is 224 cm³/mol. The molecule has 0 spiro atoms. The second-order valence-electron chi connectivity index (χ2n) is 13.9. The first-order chi connectivity index (χ1) is 27.2. The van der Waals surface area contributed by atoms with Crippen LogP contribution in [0.5, 0.6) is 0 Å². The monoisotopic (exact) mass is 699 g/mol. The molecule has 0 bridgehead atoms. The van der Waals surface area contributed by atoms with Crippen molar-refractivity contribution >= 4 is 65.4 Å². The molecule has 11 rings (SSSR count). The van der Waals surface area contributed by atoms with Crippen LogP contribution in [0.15, 0.2) is 176 Å². The van der Waals surface area contributed by atoms with Gasteiger partial charge in [-0.3, -0.25) is 0 Å². The summed E-state index contributed by atoms with van der Waals surface area (Å²) in [5, 5.41) is 27.7. The Balaban J connectivity index is 1.15. The van der Waals surface area contributed by atoms with Gasteiger partial charge in [-0.2, -0.15) is 10.5 Å². The maximum absolute atomic E-state index is 11.0. The van der Waals surface area contributed by atoms with Crippen molar-refractivity contribution in [3.8, 4) is 40.3 Å². The standard InChI is InChI=1S/C50H29N5/c51-30-32-24-26-40-38-15-4-9-21-46(38)55(50(40)28-32)48-23-11-17-34(42(48)31-52)35-12-1-8-20-45(35)54-47-22-10-5-16-39(47)41-29-33(25-27-49(41)54)53-43-18-6-2-13-36(43)37-14-3-7-19-44(37)53/h1-29H. The van der Waals surface area contributed by atoms with Crippen molar-refractivity contribution in [2.75, 3.05) is 0 Å². The molecule has 5 heteroatoms. The summed E-state index contributed by atoms with van der Waals surface area (Å²) < 4.78 is 6.83. The zero-order chi connectivity index (χ0) is 36.6. The average molecular weight is 700 g/mol. The van der Waals surface area contributed by atoms with Crippen LogP contribution in [0.2, 0.25) is 0 Å². The van der Waals surface area contributed by atoms with E-state index >= 15 is 0 Å². The van der Waals surface area contributed by atoms with Crippen molar-refractivity contribution in [1.29, 1.82) is 10.5 Å². The van der Waals surface area contributed by atoms with E-state index in [2.05, 4.69) is 147 Å². The highest BCUT2D eigenvalue weighted by atomic mass is 15.0. The van der Waals surface area contributed by atoms with Gasteiger partial charge in [-0.15, -0.1) is 0 Å². The molecule has 0 saturated heterocycles. The minimum atomic E-state index is 0.564. The Labute approximate surface area is 316 Å². The van der Waals surface area contributed by atoms with Crippen LogP contribution in [0.1, 0.15) is 11.1 Å². The Morgan fingerprint density at radius 2 is 0.818 bits per heavy atom. The van der Waals surface area contributed by atoms with Crippen LogP contribution in [0.25, 0.3) is 93.6 Å². The predicted octanol–water partition coefficient (Wildman–Crippen LogP) is 12.4. The molecule has 3 heterocycles. The molecule has 254 valence electrons. The molecule has 0 aliphatic rings. The molecule has 0 aliphatic carbocycles. The molecule has 0 amide bonds. The third-order valence-electron chi connectivity index (χ3n) is 11.1. The van der Waals surface area contributed by atoms with Gasteiger partial charge in [0.1, 0.15) is 6.07 Å². The van der Waals surface area contributed by atoms with E-state index in [1.807, 2.05) is 54.6 Å². The van der Waals surface area contributed by atoms with Crippen molar-refractivity contribution in [3.63, 3.8) is 0 Å². The Morgan fingerprint density at radius 3 is 1.45 bits per heavy atom. The van der Waals surface area contributed by atoms with E-state index in [4.69, 9.17) is 0 Å². The summed E-state index contributed by atoms with van der Waals surface area (Å²) >= 11 is 0. The van der Waals surface area contributed by atoms with Crippen molar-refractivity contribution in [2.24, 2.45) is 0 Å². The summed E-state index contributed by atoms with van der Waals surface area (Å²) in [5.41, 5.74) is 12.2. The fourth-order valence-corrected chi connectivity index (χ4v) is 8.82. The number of para-hydroxylation sites is 5. The summed E-state index contributed by atoms with van der Waals surface area (Å²) in [4.78, 5) is 0. The van der Waals surface area contributed by atoms with Crippen LogP contribution in [0.3, 0.4) is 0 Å². The number of aromatic nitrogens is 3. The molecule has 3 aromatic heterocycles. The normalized spacial score (nSPS) is 11.6. The molecular weight excluding hydrogens is 671 g/mol. The molecule has 8 aromatic carbocycles. The highest BCUT2D eigenvalue weighted by Crippen LogP contribution is 2.41. The third-order valence-corrected chi connectivity index (χ3v) is 11.1. The molecule has 0 atom stereocenters. The van der Waals surface area contributed by atoms with E-state index < -0.39 is 0 Å². The Morgan fingerprint density at radius 1 is 0.327 bits per heavy atom. The zero-order valence-electron chi connectivity index (χ0n) is 29.5. The Bertz CT molecular complexity index is 3420. The minimum absolute atomic E-state index is 0.564. The Kier molecular flexibility index (Phi) is 6.61. The number of hydrogen-bond acceptors (Lipinski definition) is 2. The quantitative estimate of drug-likeness (QED) is 0.184. The molecule has 11 aromatic rings. The van der Waals surface area contributed by atoms with Gasteiger partial charge in [0.15, 0.2) is 0 Å². The number of hydrogen-bond donors (Lipinski definition) is 0. The van der Waals surface area contributed by atoms with Crippen molar-refractivity contribution in [3.05, 3.63) is 187 Å². The van der Waals surface area contributed by atoms with E-state index in [1.165, 1.54) is 21.8 Å². The first kappa shape index (κ1) is 30.7. The lowest BCUT2D eigenvalue weighted by Crippen LogP contribution is -2.02. The van der Waals surface area contributed by atoms with Crippen LogP contribution in [0.4, 0.5) is 0 Å². The van der Waals surface area contributed by atoms with Crippen molar-refractivity contribution in [1.82, 2.24) is 13.7 Å². The highest BCUT2D eigenvalue weighted by Gasteiger charge is 2.22. The number of nitrogens with zero attached hydrogens (tertiary/aromatic N) is 5. The van der Waals surface area contributed by atoms with Gasteiger partial charge in [-0.05, 0) is 66.7 Å². The van der Waals surface area contributed by atoms with Crippen LogP contribution in [-0.2, 0) is 0 Å². The molecule has 0 radical (unpaired) electrons. The molecule has 0 aliphatic heterocycles. The largest absolute Gasteiger partial charge is 0.309 e. The van der Waals surface area contributed by atoms with E-state index in [0.717, 1.165) is 71.8 Å². The van der Waals surface area contributed by atoms with Gasteiger partial charge in [0.2, 0.25) is 0 Å². The maximum Gasteiger partial charge on any atom is 0.102 e. The SMILES string of the molecule is N#Cc1ccc2c3ccccc3n(-c3cccc(-c4ccccc4-n4c5ccccc5c5cc(-n6c7ccccc7c7ccccc76)ccc54)c3C#N)c2c1. The summed E-state index contributed by atoms with van der Waals surface area (Å²) in [6.07, 6.45) is 0. The van der Waals surface area contributed by atoms with Gasteiger partial charge in [-0.1, -0.05) is 109 Å². The molecule has 0 N–H and O–H groups in total. The molecule has 0 fully saturated rings. The second kappa shape index (κ2) is 11.8. The number of rotatable bonds is 4. The zero-order valence-corrected chi connectivity index (χ0v) is 29.5. The van der Waals surface area contributed by atoms with Gasteiger partial charge < -0.3 is 13.7 Å². The molecule has 0 saturated carbocycles. The average Bonchev–Trinajstić information content (AvgIpc) is 3.88. The smallest absolute Gasteiger partial charge is 0.102 e. The summed E-state index contributed by atoms with van der Waals surface area (Å²) in [7, 11) is 0. The van der Waals surface area contributed by atoms with Crippen molar-refractivity contribution in [2.45, 2.75) is 0 Å². The lowest BCUT2D eigenvalue weighted by Gasteiger charge is -2.17. The molecule has 5 nitrogen and oxygen atoms in total. The van der Waals surface area contributed by atoms with E-state index in [0.29, 0.717) is 11.1 Å². The topological polar surface area (TPSA) is 62.4 Å². The van der Waals surface area contributed by atoms with Gasteiger partial charge in [0, 0.05) is 49.1 Å². The van der Waals surface area contributed by atoms with E-state index in [-0.39, 0.29) is 0 Å². The summed E-state index contributed by atoms with van der Waals surface area (Å²) in [5.74, 6) is 0. The lowest BCUT2D eigenvalue weighted by molar-refractivity contribution is 1.16. The fraction of sp³-hybridized carbons (Fsp3) is 0. The number of fused-ring (bicyclic) bond motifs is 9. The first-order valence-electron chi connectivity index (χ1n) is 18.3. The first-order valence-corrected chi connectivity index (χ1v) is 18.3. The van der Waals surface area contributed by atoms with Crippen LogP contribution >= 0.6 is 0 Å². The number of benzene rings is 8. The van der Waals surface area contributed by atoms with Gasteiger partial charge in [-0.25, -0.2) is 0 Å². The highest BCUT2D eigenvalue weighted by molar-refractivity contribution is 6.13. The number of nitriles is 2. The van der Waals surface area contributed by atoms with Crippen LogP contribution in [0, 0.1) is 22.7 Å².